The van der Waals surface area contributed by atoms with E-state index in [2.05, 4.69) is 65.2 Å². The van der Waals surface area contributed by atoms with Crippen LogP contribution in [-0.4, -0.2) is 11.0 Å². The number of nitrogens with one attached hydrogen (secondary N) is 1. The number of hydrogen-bond donors (Lipinski definition) is 1. The Morgan fingerprint density at radius 1 is 1.35 bits per heavy atom. The van der Waals surface area contributed by atoms with E-state index in [4.69, 9.17) is 0 Å². The number of hydrogen-bond acceptors (Lipinski definition) is 4. The van der Waals surface area contributed by atoms with E-state index in [1.165, 1.54) is 14.8 Å². The van der Waals surface area contributed by atoms with Gasteiger partial charge in [0.15, 0.2) is 0 Å². The molecule has 1 heterocycles. The Labute approximate surface area is 137 Å². The van der Waals surface area contributed by atoms with Crippen LogP contribution in [0.3, 0.4) is 0 Å². The number of aryl methyl sites for hydroxylation is 1. The SMILES string of the molecule is Cc1nc(CSc2ccccc2Br)sc1CNC(C)C. The molecule has 0 fully saturated rings. The van der Waals surface area contributed by atoms with Gasteiger partial charge >= 0.3 is 0 Å². The third kappa shape index (κ3) is 4.58. The van der Waals surface area contributed by atoms with Gasteiger partial charge in [-0.2, -0.15) is 0 Å². The van der Waals surface area contributed by atoms with Crippen LogP contribution in [0.2, 0.25) is 0 Å². The molecule has 2 nitrogen and oxygen atoms in total. The van der Waals surface area contributed by atoms with Crippen LogP contribution in [-0.2, 0) is 12.3 Å². The highest BCUT2D eigenvalue weighted by atomic mass is 79.9. The predicted octanol–water partition coefficient (Wildman–Crippen LogP) is 5.00. The van der Waals surface area contributed by atoms with Gasteiger partial charge < -0.3 is 5.32 Å². The van der Waals surface area contributed by atoms with Crippen LogP contribution in [0, 0.1) is 6.92 Å². The van der Waals surface area contributed by atoms with Gasteiger partial charge in [-0.05, 0) is 35.0 Å². The molecule has 0 aliphatic rings. The van der Waals surface area contributed by atoms with Crippen LogP contribution in [0.5, 0.6) is 0 Å². The van der Waals surface area contributed by atoms with Gasteiger partial charge in [-0.3, -0.25) is 0 Å². The van der Waals surface area contributed by atoms with Gasteiger partial charge in [0.2, 0.25) is 0 Å². The van der Waals surface area contributed by atoms with Crippen LogP contribution < -0.4 is 5.32 Å². The van der Waals surface area contributed by atoms with E-state index in [0.29, 0.717) is 6.04 Å². The second kappa shape index (κ2) is 7.59. The van der Waals surface area contributed by atoms with Gasteiger partial charge in [-0.15, -0.1) is 23.1 Å². The normalized spacial score (nSPS) is 11.2. The van der Waals surface area contributed by atoms with Crippen molar-refractivity contribution in [3.05, 3.63) is 44.3 Å². The summed E-state index contributed by atoms with van der Waals surface area (Å²) in [6.45, 7) is 7.35. The minimum Gasteiger partial charge on any atom is -0.310 e. The van der Waals surface area contributed by atoms with Crippen molar-refractivity contribution >= 4 is 39.0 Å². The molecule has 2 rings (SSSR count). The Morgan fingerprint density at radius 3 is 2.80 bits per heavy atom. The highest BCUT2D eigenvalue weighted by molar-refractivity contribution is 9.10. The number of aromatic nitrogens is 1. The molecule has 1 aromatic heterocycles. The molecular weight excluding hydrogens is 352 g/mol. The summed E-state index contributed by atoms with van der Waals surface area (Å²) in [5, 5.41) is 4.65. The van der Waals surface area contributed by atoms with Crippen LogP contribution in [0.1, 0.15) is 29.4 Å². The average molecular weight is 371 g/mol. The molecule has 0 bridgehead atoms. The first kappa shape index (κ1) is 16.0. The van der Waals surface area contributed by atoms with Crippen molar-refractivity contribution in [3.63, 3.8) is 0 Å². The van der Waals surface area contributed by atoms with Crippen molar-refractivity contribution in [3.8, 4) is 0 Å². The molecule has 0 saturated carbocycles. The Balaban J connectivity index is 1.97. The highest BCUT2D eigenvalue weighted by Crippen LogP contribution is 2.31. The molecule has 0 amide bonds. The fourth-order valence-electron chi connectivity index (χ4n) is 1.71. The van der Waals surface area contributed by atoms with Crippen LogP contribution in [0.15, 0.2) is 33.6 Å². The number of thioether (sulfide) groups is 1. The highest BCUT2D eigenvalue weighted by Gasteiger charge is 2.09. The molecule has 20 heavy (non-hydrogen) atoms. The molecule has 0 unspecified atom stereocenters. The van der Waals surface area contributed by atoms with E-state index in [0.717, 1.165) is 22.5 Å². The molecule has 0 radical (unpaired) electrons. The fourth-order valence-corrected chi connectivity index (χ4v) is 4.29. The lowest BCUT2D eigenvalue weighted by Gasteiger charge is -2.05. The molecule has 0 spiro atoms. The first-order valence-corrected chi connectivity index (χ1v) is 9.21. The Hall–Kier alpha value is -0.360. The van der Waals surface area contributed by atoms with Crippen molar-refractivity contribution in [2.24, 2.45) is 0 Å². The summed E-state index contributed by atoms with van der Waals surface area (Å²) in [5.41, 5.74) is 1.16. The summed E-state index contributed by atoms with van der Waals surface area (Å²) in [6, 6.07) is 8.83. The van der Waals surface area contributed by atoms with Gasteiger partial charge in [0, 0.05) is 26.8 Å². The zero-order valence-corrected chi connectivity index (χ0v) is 15.2. The number of thiazole rings is 1. The maximum absolute atomic E-state index is 4.68. The quantitative estimate of drug-likeness (QED) is 0.723. The second-order valence-electron chi connectivity index (χ2n) is 4.87. The van der Waals surface area contributed by atoms with E-state index in [1.807, 2.05) is 29.2 Å². The lowest BCUT2D eigenvalue weighted by Crippen LogP contribution is -2.21. The van der Waals surface area contributed by atoms with Gasteiger partial charge in [0.1, 0.15) is 5.01 Å². The molecule has 108 valence electrons. The first-order chi connectivity index (χ1) is 9.56. The number of nitrogens with zero attached hydrogens (tertiary/aromatic N) is 1. The molecular formula is C15H19BrN2S2. The third-order valence-electron chi connectivity index (χ3n) is 2.80. The van der Waals surface area contributed by atoms with E-state index in [9.17, 15) is 0 Å². The maximum Gasteiger partial charge on any atom is 0.103 e. The molecule has 0 saturated heterocycles. The van der Waals surface area contributed by atoms with Gasteiger partial charge in [-0.25, -0.2) is 4.98 Å². The van der Waals surface area contributed by atoms with Crippen molar-refractivity contribution in [2.45, 2.75) is 44.0 Å². The topological polar surface area (TPSA) is 24.9 Å². The Morgan fingerprint density at radius 2 is 2.10 bits per heavy atom. The van der Waals surface area contributed by atoms with Crippen LogP contribution in [0.4, 0.5) is 0 Å². The Bertz CT molecular complexity index is 567. The maximum atomic E-state index is 4.68. The minimum absolute atomic E-state index is 0.509. The first-order valence-electron chi connectivity index (χ1n) is 6.62. The largest absolute Gasteiger partial charge is 0.310 e. The fraction of sp³-hybridized carbons (Fsp3) is 0.400. The van der Waals surface area contributed by atoms with E-state index in [-0.39, 0.29) is 0 Å². The predicted molar refractivity (Wildman–Crippen MR) is 92.5 cm³/mol. The lowest BCUT2D eigenvalue weighted by atomic mass is 10.3. The van der Waals surface area contributed by atoms with Crippen LogP contribution in [0.25, 0.3) is 0 Å². The zero-order chi connectivity index (χ0) is 14.5. The smallest absolute Gasteiger partial charge is 0.103 e. The summed E-state index contributed by atoms with van der Waals surface area (Å²) in [5.74, 6) is 0.926. The van der Waals surface area contributed by atoms with E-state index >= 15 is 0 Å². The second-order valence-corrected chi connectivity index (χ2v) is 7.91. The van der Waals surface area contributed by atoms with Gasteiger partial charge in [-0.1, -0.05) is 26.0 Å². The standard InChI is InChI=1S/C15H19BrN2S2/c1-10(2)17-8-14-11(3)18-15(20-14)9-19-13-7-5-4-6-12(13)16/h4-7,10,17H,8-9H2,1-3H3. The summed E-state index contributed by atoms with van der Waals surface area (Å²) < 4.78 is 1.15. The minimum atomic E-state index is 0.509. The molecule has 0 aliphatic heterocycles. The number of halogens is 1. The Kier molecular flexibility index (Phi) is 6.08. The van der Waals surface area contributed by atoms with Crippen LogP contribution >= 0.6 is 39.0 Å². The lowest BCUT2D eigenvalue weighted by molar-refractivity contribution is 0.591. The van der Waals surface area contributed by atoms with E-state index < -0.39 is 0 Å². The molecule has 5 heteroatoms. The van der Waals surface area contributed by atoms with E-state index in [1.54, 1.807) is 0 Å². The summed E-state index contributed by atoms with van der Waals surface area (Å²) >= 11 is 7.23. The molecule has 0 aliphatic carbocycles. The third-order valence-corrected chi connectivity index (χ3v) is 6.17. The van der Waals surface area contributed by atoms with Gasteiger partial charge in [0.25, 0.3) is 0 Å². The molecule has 1 aromatic carbocycles. The summed E-state index contributed by atoms with van der Waals surface area (Å²) in [7, 11) is 0. The van der Waals surface area contributed by atoms with Crippen molar-refractivity contribution in [1.29, 1.82) is 0 Å². The monoisotopic (exact) mass is 370 g/mol. The average Bonchev–Trinajstić information content (AvgIpc) is 2.76. The molecule has 1 N–H and O–H groups in total. The number of rotatable bonds is 6. The van der Waals surface area contributed by atoms with Crippen molar-refractivity contribution in [2.75, 3.05) is 0 Å². The summed E-state index contributed by atoms with van der Waals surface area (Å²) in [6.07, 6.45) is 0. The zero-order valence-electron chi connectivity index (χ0n) is 11.9. The molecule has 2 aromatic rings. The van der Waals surface area contributed by atoms with Crippen molar-refractivity contribution in [1.82, 2.24) is 10.3 Å². The summed E-state index contributed by atoms with van der Waals surface area (Å²) in [4.78, 5) is 7.29. The molecule has 0 atom stereocenters. The van der Waals surface area contributed by atoms with Gasteiger partial charge in [0.05, 0.1) is 11.4 Å². The number of benzene rings is 1. The van der Waals surface area contributed by atoms with Crippen molar-refractivity contribution < 1.29 is 0 Å².